The van der Waals surface area contributed by atoms with Crippen molar-refractivity contribution >= 4 is 17.5 Å². The van der Waals surface area contributed by atoms with Crippen molar-refractivity contribution in [3.8, 4) is 0 Å². The number of carbonyl (C=O) groups is 1. The van der Waals surface area contributed by atoms with Gasteiger partial charge in [0.25, 0.3) is 0 Å². The molecule has 114 valence electrons. The molecule has 1 N–H and O–H groups in total. The monoisotopic (exact) mass is 309 g/mol. The normalized spacial score (nSPS) is 13.2. The predicted molar refractivity (Wildman–Crippen MR) is 81.0 cm³/mol. The van der Waals surface area contributed by atoms with Gasteiger partial charge in [-0.3, -0.25) is 14.2 Å². The first-order chi connectivity index (χ1) is 9.86. The SMILES string of the molecule is CCn1nccc1C(C)NC(=O)C(C)(C)n1cc(Cl)cn1. The standard InChI is InChI=1S/C14H20ClN5O/c1-5-19-12(6-7-16-19)10(2)18-13(21)14(3,4)20-9-11(15)8-17-20/h6-10H,5H2,1-4H3,(H,18,21). The summed E-state index contributed by atoms with van der Waals surface area (Å²) in [7, 11) is 0. The lowest BCUT2D eigenvalue weighted by atomic mass is 10.0. The lowest BCUT2D eigenvalue weighted by molar-refractivity contribution is -0.129. The van der Waals surface area contributed by atoms with Gasteiger partial charge >= 0.3 is 0 Å². The van der Waals surface area contributed by atoms with Crippen molar-refractivity contribution in [1.29, 1.82) is 0 Å². The first-order valence-electron chi connectivity index (χ1n) is 6.89. The van der Waals surface area contributed by atoms with Crippen molar-refractivity contribution in [2.75, 3.05) is 0 Å². The molecule has 21 heavy (non-hydrogen) atoms. The minimum Gasteiger partial charge on any atom is -0.346 e. The van der Waals surface area contributed by atoms with Gasteiger partial charge in [-0.05, 0) is 33.8 Å². The predicted octanol–water partition coefficient (Wildman–Crippen LogP) is 2.37. The molecule has 0 fully saturated rings. The zero-order valence-corrected chi connectivity index (χ0v) is 13.4. The number of halogens is 1. The molecule has 1 amide bonds. The summed E-state index contributed by atoms with van der Waals surface area (Å²) in [4.78, 5) is 12.5. The minimum atomic E-state index is -0.821. The van der Waals surface area contributed by atoms with Crippen LogP contribution in [0.5, 0.6) is 0 Å². The van der Waals surface area contributed by atoms with Crippen LogP contribution in [0.25, 0.3) is 0 Å². The van der Waals surface area contributed by atoms with E-state index in [1.165, 1.54) is 6.20 Å². The molecule has 0 saturated heterocycles. The Hall–Kier alpha value is -1.82. The summed E-state index contributed by atoms with van der Waals surface area (Å²) in [5.74, 6) is -0.126. The zero-order valence-electron chi connectivity index (χ0n) is 12.7. The van der Waals surface area contributed by atoms with E-state index in [1.54, 1.807) is 30.9 Å². The van der Waals surface area contributed by atoms with Crippen LogP contribution in [0.3, 0.4) is 0 Å². The van der Waals surface area contributed by atoms with Crippen molar-refractivity contribution in [2.45, 2.75) is 45.8 Å². The Morgan fingerprint density at radius 2 is 2.19 bits per heavy atom. The van der Waals surface area contributed by atoms with E-state index < -0.39 is 5.54 Å². The molecule has 0 aliphatic carbocycles. The molecule has 2 aromatic heterocycles. The Bertz CT molecular complexity index is 631. The first kappa shape index (κ1) is 15.6. The molecule has 1 unspecified atom stereocenters. The summed E-state index contributed by atoms with van der Waals surface area (Å²) in [5.41, 5.74) is 0.151. The van der Waals surface area contributed by atoms with E-state index in [2.05, 4.69) is 15.5 Å². The third-order valence-corrected chi connectivity index (χ3v) is 3.71. The topological polar surface area (TPSA) is 64.7 Å². The Morgan fingerprint density at radius 3 is 2.76 bits per heavy atom. The van der Waals surface area contributed by atoms with Crippen LogP contribution in [0.1, 0.15) is 39.4 Å². The largest absolute Gasteiger partial charge is 0.346 e. The summed E-state index contributed by atoms with van der Waals surface area (Å²) in [5, 5.41) is 11.8. The number of amides is 1. The van der Waals surface area contributed by atoms with Gasteiger partial charge in [-0.1, -0.05) is 11.6 Å². The third kappa shape index (κ3) is 3.10. The van der Waals surface area contributed by atoms with Gasteiger partial charge in [-0.25, -0.2) is 0 Å². The fourth-order valence-electron chi connectivity index (χ4n) is 2.13. The number of rotatable bonds is 5. The third-order valence-electron chi connectivity index (χ3n) is 3.52. The van der Waals surface area contributed by atoms with Gasteiger partial charge in [0.1, 0.15) is 5.54 Å². The molecule has 0 radical (unpaired) electrons. The maximum Gasteiger partial charge on any atom is 0.247 e. The molecule has 1 atom stereocenters. The molecule has 0 saturated carbocycles. The van der Waals surface area contributed by atoms with Gasteiger partial charge in [0, 0.05) is 18.9 Å². The molecule has 0 aromatic carbocycles. The molecular formula is C14H20ClN5O. The van der Waals surface area contributed by atoms with E-state index in [-0.39, 0.29) is 11.9 Å². The van der Waals surface area contributed by atoms with Gasteiger partial charge < -0.3 is 5.32 Å². The van der Waals surface area contributed by atoms with E-state index in [9.17, 15) is 4.79 Å². The average molecular weight is 310 g/mol. The van der Waals surface area contributed by atoms with Crippen LogP contribution < -0.4 is 5.32 Å². The van der Waals surface area contributed by atoms with Crippen LogP contribution in [0, 0.1) is 0 Å². The highest BCUT2D eigenvalue weighted by Gasteiger charge is 2.32. The molecule has 0 bridgehead atoms. The van der Waals surface area contributed by atoms with Crippen LogP contribution in [-0.4, -0.2) is 25.5 Å². The lowest BCUT2D eigenvalue weighted by Crippen LogP contribution is -2.45. The molecule has 2 heterocycles. The van der Waals surface area contributed by atoms with E-state index in [0.29, 0.717) is 5.02 Å². The Labute approximate surface area is 129 Å². The molecule has 0 aliphatic heterocycles. The molecule has 0 spiro atoms. The van der Waals surface area contributed by atoms with Gasteiger partial charge in [0.15, 0.2) is 0 Å². The second-order valence-electron chi connectivity index (χ2n) is 5.43. The highest BCUT2D eigenvalue weighted by molar-refractivity contribution is 6.30. The van der Waals surface area contributed by atoms with Gasteiger partial charge in [-0.2, -0.15) is 10.2 Å². The fourth-order valence-corrected chi connectivity index (χ4v) is 2.27. The zero-order chi connectivity index (χ0) is 15.6. The van der Waals surface area contributed by atoms with E-state index in [1.807, 2.05) is 24.6 Å². The average Bonchev–Trinajstić information content (AvgIpc) is 3.06. The number of nitrogens with zero attached hydrogens (tertiary/aromatic N) is 4. The quantitative estimate of drug-likeness (QED) is 0.922. The summed E-state index contributed by atoms with van der Waals surface area (Å²) >= 11 is 5.87. The van der Waals surface area contributed by atoms with Crippen LogP contribution in [0.4, 0.5) is 0 Å². The molecule has 2 rings (SSSR count). The summed E-state index contributed by atoms with van der Waals surface area (Å²) in [6.45, 7) is 8.32. The lowest BCUT2D eigenvalue weighted by Gasteiger charge is -2.26. The van der Waals surface area contributed by atoms with E-state index in [0.717, 1.165) is 12.2 Å². The van der Waals surface area contributed by atoms with Gasteiger partial charge in [0.2, 0.25) is 5.91 Å². The minimum absolute atomic E-state index is 0.126. The summed E-state index contributed by atoms with van der Waals surface area (Å²) in [6.07, 6.45) is 4.90. The Kier molecular flexibility index (Phi) is 4.37. The number of hydrogen-bond acceptors (Lipinski definition) is 3. The highest BCUT2D eigenvalue weighted by Crippen LogP contribution is 2.20. The van der Waals surface area contributed by atoms with Gasteiger partial charge in [0.05, 0.1) is 23.0 Å². The second kappa shape index (κ2) is 5.89. The van der Waals surface area contributed by atoms with Crippen molar-refractivity contribution in [3.05, 3.63) is 35.4 Å². The van der Waals surface area contributed by atoms with Crippen LogP contribution >= 0.6 is 11.6 Å². The number of hydrogen-bond donors (Lipinski definition) is 1. The Balaban J connectivity index is 2.13. The van der Waals surface area contributed by atoms with Gasteiger partial charge in [-0.15, -0.1) is 0 Å². The molecular weight excluding hydrogens is 290 g/mol. The maximum absolute atomic E-state index is 12.5. The molecule has 7 heteroatoms. The van der Waals surface area contributed by atoms with Crippen molar-refractivity contribution in [3.63, 3.8) is 0 Å². The van der Waals surface area contributed by atoms with Crippen LogP contribution in [-0.2, 0) is 16.9 Å². The van der Waals surface area contributed by atoms with Crippen molar-refractivity contribution < 1.29 is 4.79 Å². The number of carbonyl (C=O) groups excluding carboxylic acids is 1. The smallest absolute Gasteiger partial charge is 0.247 e. The van der Waals surface area contributed by atoms with Crippen LogP contribution in [0.15, 0.2) is 24.7 Å². The molecule has 0 aliphatic rings. The maximum atomic E-state index is 12.5. The fraction of sp³-hybridized carbons (Fsp3) is 0.500. The van der Waals surface area contributed by atoms with Crippen molar-refractivity contribution in [2.24, 2.45) is 0 Å². The first-order valence-corrected chi connectivity index (χ1v) is 7.27. The molecule has 6 nitrogen and oxygen atoms in total. The second-order valence-corrected chi connectivity index (χ2v) is 5.87. The number of aryl methyl sites for hydroxylation is 1. The van der Waals surface area contributed by atoms with E-state index in [4.69, 9.17) is 11.6 Å². The highest BCUT2D eigenvalue weighted by atomic mass is 35.5. The molecule has 2 aromatic rings. The number of nitrogens with one attached hydrogen (secondary N) is 1. The van der Waals surface area contributed by atoms with Crippen molar-refractivity contribution in [1.82, 2.24) is 24.9 Å². The summed E-state index contributed by atoms with van der Waals surface area (Å²) < 4.78 is 3.43. The van der Waals surface area contributed by atoms with E-state index >= 15 is 0 Å². The number of aromatic nitrogens is 4. The Morgan fingerprint density at radius 1 is 1.48 bits per heavy atom. The summed E-state index contributed by atoms with van der Waals surface area (Å²) in [6, 6.07) is 1.77. The van der Waals surface area contributed by atoms with Crippen LogP contribution in [0.2, 0.25) is 5.02 Å².